The number of benzene rings is 5. The third kappa shape index (κ3) is 4.05. The van der Waals surface area contributed by atoms with Gasteiger partial charge in [-0.3, -0.25) is 0 Å². The Morgan fingerprint density at radius 1 is 0.390 bits per heavy atom. The van der Waals surface area contributed by atoms with Crippen molar-refractivity contribution in [2.75, 3.05) is 0 Å². The minimum atomic E-state index is 1.16. The van der Waals surface area contributed by atoms with Crippen molar-refractivity contribution in [1.29, 1.82) is 0 Å². The lowest BCUT2D eigenvalue weighted by molar-refractivity contribution is 1.10. The summed E-state index contributed by atoms with van der Waals surface area (Å²) >= 11 is 3.62. The summed E-state index contributed by atoms with van der Waals surface area (Å²) in [5.41, 5.74) is 8.54. The maximum absolute atomic E-state index is 2.42. The van der Waals surface area contributed by atoms with E-state index in [1.54, 1.807) is 0 Å². The quantitative estimate of drug-likeness (QED) is 0.185. The van der Waals surface area contributed by atoms with Gasteiger partial charge in [-0.1, -0.05) is 103 Å². The Morgan fingerprint density at radius 3 is 1.39 bits per heavy atom. The molecule has 0 aliphatic carbocycles. The van der Waals surface area contributed by atoms with E-state index in [9.17, 15) is 0 Å². The van der Waals surface area contributed by atoms with Crippen LogP contribution >= 0.6 is 22.7 Å². The Kier molecular flexibility index (Phi) is 5.91. The van der Waals surface area contributed by atoms with Crippen molar-refractivity contribution < 1.29 is 0 Å². The van der Waals surface area contributed by atoms with Crippen LogP contribution in [0.3, 0.4) is 0 Å². The minimum Gasteiger partial charge on any atom is -0.309 e. The van der Waals surface area contributed by atoms with Crippen LogP contribution in [0.4, 0.5) is 0 Å². The highest BCUT2D eigenvalue weighted by atomic mass is 32.1. The molecule has 0 unspecified atom stereocenters. The van der Waals surface area contributed by atoms with Crippen LogP contribution in [-0.4, -0.2) is 4.57 Å². The van der Waals surface area contributed by atoms with Crippen LogP contribution in [0.25, 0.3) is 70.6 Å². The molecule has 0 N–H and O–H groups in total. The molecule has 3 aromatic heterocycles. The molecule has 0 spiro atoms. The molecule has 194 valence electrons. The average molecular weight is 560 g/mol. The van der Waals surface area contributed by atoms with Crippen molar-refractivity contribution in [3.63, 3.8) is 0 Å². The van der Waals surface area contributed by atoms with Crippen molar-refractivity contribution >= 4 is 44.2 Å². The summed E-state index contributed by atoms with van der Waals surface area (Å²) in [7, 11) is 0. The standard InChI is InChI=1S/C38H25NS2/c1-3-11-26(12-4-1)33-21-22-34(27-13-5-2-6-14-27)39(33)28-19-20-31-32(25-28)38(36-18-10-24-41-36)30-16-8-7-15-29(30)37(31)35-17-9-23-40-35/h1-25H. The van der Waals surface area contributed by atoms with Gasteiger partial charge in [0.2, 0.25) is 0 Å². The maximum Gasteiger partial charge on any atom is 0.0535 e. The van der Waals surface area contributed by atoms with E-state index in [2.05, 4.69) is 155 Å². The zero-order chi connectivity index (χ0) is 27.2. The Hall–Kier alpha value is -4.70. The highest BCUT2D eigenvalue weighted by molar-refractivity contribution is 7.14. The molecule has 0 aliphatic heterocycles. The predicted octanol–water partition coefficient (Wildman–Crippen LogP) is 11.6. The number of nitrogens with zero attached hydrogens (tertiary/aromatic N) is 1. The first-order valence-corrected chi connectivity index (χ1v) is 15.5. The molecule has 0 saturated heterocycles. The summed E-state index contributed by atoms with van der Waals surface area (Å²) < 4.78 is 2.42. The molecule has 0 bridgehead atoms. The topological polar surface area (TPSA) is 4.93 Å². The molecular weight excluding hydrogens is 535 g/mol. The molecule has 0 saturated carbocycles. The number of aromatic nitrogens is 1. The fraction of sp³-hybridized carbons (Fsp3) is 0. The molecule has 8 rings (SSSR count). The number of thiophene rings is 2. The summed E-state index contributed by atoms with van der Waals surface area (Å²) in [4.78, 5) is 2.59. The van der Waals surface area contributed by atoms with Gasteiger partial charge in [-0.2, -0.15) is 0 Å². The van der Waals surface area contributed by atoms with Crippen molar-refractivity contribution in [2.45, 2.75) is 0 Å². The van der Waals surface area contributed by atoms with E-state index in [0.717, 1.165) is 5.69 Å². The Labute approximate surface area is 247 Å². The van der Waals surface area contributed by atoms with E-state index in [0.29, 0.717) is 0 Å². The second-order valence-electron chi connectivity index (χ2n) is 10.2. The normalized spacial score (nSPS) is 11.4. The summed E-state index contributed by atoms with van der Waals surface area (Å²) in [6, 6.07) is 50.7. The van der Waals surface area contributed by atoms with Gasteiger partial charge < -0.3 is 4.57 Å². The molecule has 0 atom stereocenters. The van der Waals surface area contributed by atoms with Gasteiger partial charge in [-0.25, -0.2) is 0 Å². The summed E-state index contributed by atoms with van der Waals surface area (Å²) in [5.74, 6) is 0. The van der Waals surface area contributed by atoms with Gasteiger partial charge in [0, 0.05) is 26.6 Å². The van der Waals surface area contributed by atoms with Gasteiger partial charge >= 0.3 is 0 Å². The Bertz CT molecular complexity index is 2060. The molecule has 0 amide bonds. The highest BCUT2D eigenvalue weighted by Gasteiger charge is 2.20. The van der Waals surface area contributed by atoms with Crippen molar-refractivity contribution in [2.24, 2.45) is 0 Å². The predicted molar refractivity (Wildman–Crippen MR) is 178 cm³/mol. The second-order valence-corrected chi connectivity index (χ2v) is 12.0. The molecule has 3 heterocycles. The van der Waals surface area contributed by atoms with Gasteiger partial charge in [0.15, 0.2) is 0 Å². The zero-order valence-corrected chi connectivity index (χ0v) is 23.8. The van der Waals surface area contributed by atoms with E-state index < -0.39 is 0 Å². The number of hydrogen-bond donors (Lipinski definition) is 0. The Balaban J connectivity index is 1.49. The first-order chi connectivity index (χ1) is 20.4. The lowest BCUT2D eigenvalue weighted by Crippen LogP contribution is -2.00. The summed E-state index contributed by atoms with van der Waals surface area (Å²) in [6.07, 6.45) is 0. The van der Waals surface area contributed by atoms with Crippen molar-refractivity contribution in [1.82, 2.24) is 4.57 Å². The fourth-order valence-corrected chi connectivity index (χ4v) is 7.66. The number of hydrogen-bond acceptors (Lipinski definition) is 2. The van der Waals surface area contributed by atoms with E-state index in [1.807, 2.05) is 22.7 Å². The van der Waals surface area contributed by atoms with Crippen molar-refractivity contribution in [3.05, 3.63) is 150 Å². The molecular formula is C38H25NS2. The second kappa shape index (κ2) is 10.0. The molecule has 0 fully saturated rings. The SMILES string of the molecule is c1ccc(-c2ccc(-c3ccccc3)n2-c2ccc3c(-c4cccs4)c4ccccc4c(-c4cccs4)c3c2)cc1. The highest BCUT2D eigenvalue weighted by Crippen LogP contribution is 2.46. The van der Waals surface area contributed by atoms with Gasteiger partial charge in [0.05, 0.1) is 11.4 Å². The average Bonchev–Trinajstić information content (AvgIpc) is 3.83. The van der Waals surface area contributed by atoms with Crippen LogP contribution in [0.2, 0.25) is 0 Å². The van der Waals surface area contributed by atoms with E-state index >= 15 is 0 Å². The van der Waals surface area contributed by atoms with Crippen LogP contribution in [0, 0.1) is 0 Å². The van der Waals surface area contributed by atoms with Gasteiger partial charge in [-0.05, 0) is 79.8 Å². The molecule has 0 radical (unpaired) electrons. The molecule has 41 heavy (non-hydrogen) atoms. The molecule has 0 aliphatic rings. The van der Waals surface area contributed by atoms with E-state index in [-0.39, 0.29) is 0 Å². The van der Waals surface area contributed by atoms with Gasteiger partial charge in [0.1, 0.15) is 0 Å². The first kappa shape index (κ1) is 24.1. The van der Waals surface area contributed by atoms with Crippen LogP contribution in [0.5, 0.6) is 0 Å². The van der Waals surface area contributed by atoms with Crippen LogP contribution in [-0.2, 0) is 0 Å². The Morgan fingerprint density at radius 2 is 0.878 bits per heavy atom. The van der Waals surface area contributed by atoms with Crippen LogP contribution < -0.4 is 0 Å². The van der Waals surface area contributed by atoms with Crippen LogP contribution in [0.15, 0.2) is 150 Å². The molecule has 5 aromatic carbocycles. The lowest BCUT2D eigenvalue weighted by Gasteiger charge is -2.19. The van der Waals surface area contributed by atoms with E-state index in [4.69, 9.17) is 0 Å². The molecule has 8 aromatic rings. The lowest BCUT2D eigenvalue weighted by atomic mass is 9.90. The van der Waals surface area contributed by atoms with Gasteiger partial charge in [0.25, 0.3) is 0 Å². The van der Waals surface area contributed by atoms with Crippen LogP contribution in [0.1, 0.15) is 0 Å². The zero-order valence-electron chi connectivity index (χ0n) is 22.2. The number of fused-ring (bicyclic) bond motifs is 2. The van der Waals surface area contributed by atoms with Crippen molar-refractivity contribution in [3.8, 4) is 49.1 Å². The monoisotopic (exact) mass is 559 g/mol. The van der Waals surface area contributed by atoms with E-state index in [1.165, 1.54) is 64.9 Å². The smallest absolute Gasteiger partial charge is 0.0535 e. The fourth-order valence-electron chi connectivity index (χ4n) is 6.06. The largest absolute Gasteiger partial charge is 0.309 e. The minimum absolute atomic E-state index is 1.16. The molecule has 1 nitrogen and oxygen atoms in total. The number of rotatable bonds is 5. The summed E-state index contributed by atoms with van der Waals surface area (Å²) in [5, 5.41) is 9.51. The first-order valence-electron chi connectivity index (χ1n) is 13.8. The third-order valence-electron chi connectivity index (χ3n) is 7.82. The third-order valence-corrected chi connectivity index (χ3v) is 9.60. The molecule has 3 heteroatoms. The van der Waals surface area contributed by atoms with Gasteiger partial charge in [-0.15, -0.1) is 22.7 Å². The summed E-state index contributed by atoms with van der Waals surface area (Å²) in [6.45, 7) is 0. The maximum atomic E-state index is 2.42.